The second-order valence-corrected chi connectivity index (χ2v) is 6.70. The summed E-state index contributed by atoms with van der Waals surface area (Å²) >= 11 is 0. The topological polar surface area (TPSA) is 64.4 Å². The van der Waals surface area contributed by atoms with Crippen molar-refractivity contribution in [1.82, 2.24) is 9.80 Å². The smallest absolute Gasteiger partial charge is 0.253 e. The van der Waals surface area contributed by atoms with Gasteiger partial charge < -0.3 is 9.80 Å². The highest BCUT2D eigenvalue weighted by Crippen LogP contribution is 2.12. The Labute approximate surface area is 159 Å². The van der Waals surface area contributed by atoms with Crippen LogP contribution in [0.4, 0.5) is 0 Å². The molecule has 0 aromatic heterocycles. The Balaban J connectivity index is 1.55. The Bertz CT molecular complexity index is 842. The van der Waals surface area contributed by atoms with Crippen molar-refractivity contribution in [3.8, 4) is 6.07 Å². The van der Waals surface area contributed by atoms with Crippen LogP contribution in [-0.2, 0) is 11.2 Å². The van der Waals surface area contributed by atoms with Crippen LogP contribution in [0.1, 0.15) is 34.3 Å². The highest BCUT2D eigenvalue weighted by molar-refractivity contribution is 5.94. The molecular weight excluding hydrogens is 338 g/mol. The molecule has 138 valence electrons. The number of aryl methyl sites for hydroxylation is 1. The fourth-order valence-corrected chi connectivity index (χ4v) is 3.33. The summed E-state index contributed by atoms with van der Waals surface area (Å²) < 4.78 is 0. The third kappa shape index (κ3) is 4.95. The summed E-state index contributed by atoms with van der Waals surface area (Å²) in [4.78, 5) is 28.9. The molecule has 2 aromatic rings. The quantitative estimate of drug-likeness (QED) is 0.841. The molecule has 2 amide bonds. The molecule has 1 heterocycles. The zero-order chi connectivity index (χ0) is 19.1. The molecule has 1 aliphatic heterocycles. The fraction of sp³-hybridized carbons (Fsp3) is 0.318. The van der Waals surface area contributed by atoms with Crippen molar-refractivity contribution in [2.75, 3.05) is 26.2 Å². The molecule has 2 aromatic carbocycles. The van der Waals surface area contributed by atoms with E-state index in [0.29, 0.717) is 43.7 Å². The van der Waals surface area contributed by atoms with Gasteiger partial charge in [-0.1, -0.05) is 36.4 Å². The highest BCUT2D eigenvalue weighted by Gasteiger charge is 2.22. The lowest BCUT2D eigenvalue weighted by Crippen LogP contribution is -2.37. The zero-order valence-corrected chi connectivity index (χ0v) is 15.3. The monoisotopic (exact) mass is 361 g/mol. The van der Waals surface area contributed by atoms with Crippen LogP contribution >= 0.6 is 0 Å². The van der Waals surface area contributed by atoms with Crippen LogP contribution in [0.5, 0.6) is 0 Å². The minimum absolute atomic E-state index is 0.0781. The number of nitriles is 1. The summed E-state index contributed by atoms with van der Waals surface area (Å²) in [5.41, 5.74) is 2.17. The third-order valence-corrected chi connectivity index (χ3v) is 4.84. The molecule has 5 heteroatoms. The van der Waals surface area contributed by atoms with Gasteiger partial charge in [0.2, 0.25) is 5.91 Å². The minimum Gasteiger partial charge on any atom is -0.341 e. The van der Waals surface area contributed by atoms with Crippen molar-refractivity contribution in [2.45, 2.75) is 19.3 Å². The van der Waals surface area contributed by atoms with Gasteiger partial charge in [0.05, 0.1) is 11.6 Å². The first-order valence-corrected chi connectivity index (χ1v) is 9.28. The van der Waals surface area contributed by atoms with Gasteiger partial charge in [0.25, 0.3) is 5.91 Å². The standard InChI is InChI=1S/C22H23N3O2/c23-17-19-8-4-9-20(16-19)22(27)25-13-5-12-24(14-15-25)21(26)11-10-18-6-2-1-3-7-18/h1-4,6-9,16H,5,10-15H2. The van der Waals surface area contributed by atoms with Gasteiger partial charge in [0, 0.05) is 38.2 Å². The van der Waals surface area contributed by atoms with E-state index >= 15 is 0 Å². The molecule has 27 heavy (non-hydrogen) atoms. The van der Waals surface area contributed by atoms with Crippen molar-refractivity contribution in [3.05, 3.63) is 71.3 Å². The summed E-state index contributed by atoms with van der Waals surface area (Å²) in [7, 11) is 0. The summed E-state index contributed by atoms with van der Waals surface area (Å²) in [6.45, 7) is 2.37. The Morgan fingerprint density at radius 2 is 1.67 bits per heavy atom. The number of carbonyl (C=O) groups excluding carboxylic acids is 2. The molecule has 0 saturated carbocycles. The Hall–Kier alpha value is -3.13. The molecule has 0 bridgehead atoms. The number of nitrogens with zero attached hydrogens (tertiary/aromatic N) is 3. The number of hydrogen-bond acceptors (Lipinski definition) is 3. The third-order valence-electron chi connectivity index (χ3n) is 4.84. The molecule has 1 fully saturated rings. The van der Waals surface area contributed by atoms with Gasteiger partial charge in [-0.15, -0.1) is 0 Å². The van der Waals surface area contributed by atoms with E-state index in [1.54, 1.807) is 29.2 Å². The maximum atomic E-state index is 12.7. The summed E-state index contributed by atoms with van der Waals surface area (Å²) in [5, 5.41) is 9.01. The molecule has 0 aliphatic carbocycles. The van der Waals surface area contributed by atoms with Crippen LogP contribution in [0.25, 0.3) is 0 Å². The van der Waals surface area contributed by atoms with Gasteiger partial charge in [-0.3, -0.25) is 9.59 Å². The van der Waals surface area contributed by atoms with Crippen molar-refractivity contribution >= 4 is 11.8 Å². The SMILES string of the molecule is N#Cc1cccc(C(=O)N2CCCN(C(=O)CCc3ccccc3)CC2)c1. The second kappa shape index (κ2) is 9.00. The lowest BCUT2D eigenvalue weighted by atomic mass is 10.1. The molecule has 1 aliphatic rings. The number of carbonyl (C=O) groups is 2. The first kappa shape index (κ1) is 18.7. The molecule has 0 radical (unpaired) electrons. The molecule has 1 saturated heterocycles. The Kier molecular flexibility index (Phi) is 6.22. The molecule has 0 atom stereocenters. The van der Waals surface area contributed by atoms with Crippen LogP contribution < -0.4 is 0 Å². The van der Waals surface area contributed by atoms with Gasteiger partial charge in [-0.25, -0.2) is 0 Å². The van der Waals surface area contributed by atoms with E-state index in [2.05, 4.69) is 6.07 Å². The molecule has 0 N–H and O–H groups in total. The lowest BCUT2D eigenvalue weighted by Gasteiger charge is -2.22. The normalized spacial score (nSPS) is 14.3. The van der Waals surface area contributed by atoms with Crippen LogP contribution in [0.2, 0.25) is 0 Å². The molecule has 3 rings (SSSR count). The van der Waals surface area contributed by atoms with E-state index in [1.165, 1.54) is 0 Å². The Morgan fingerprint density at radius 1 is 0.926 bits per heavy atom. The highest BCUT2D eigenvalue weighted by atomic mass is 16.2. The zero-order valence-electron chi connectivity index (χ0n) is 15.3. The van der Waals surface area contributed by atoms with Crippen LogP contribution in [-0.4, -0.2) is 47.8 Å². The summed E-state index contributed by atoms with van der Waals surface area (Å²) in [6, 6.07) is 18.8. The van der Waals surface area contributed by atoms with E-state index in [4.69, 9.17) is 5.26 Å². The maximum absolute atomic E-state index is 12.7. The number of hydrogen-bond donors (Lipinski definition) is 0. The summed E-state index contributed by atoms with van der Waals surface area (Å²) in [5.74, 6) is 0.0605. The molecule has 0 unspecified atom stereocenters. The van der Waals surface area contributed by atoms with Crippen molar-refractivity contribution in [2.24, 2.45) is 0 Å². The predicted molar refractivity (Wildman–Crippen MR) is 103 cm³/mol. The minimum atomic E-state index is -0.0781. The predicted octanol–water partition coefficient (Wildman–Crippen LogP) is 2.87. The van der Waals surface area contributed by atoms with Gasteiger partial charge >= 0.3 is 0 Å². The first-order chi connectivity index (χ1) is 13.2. The number of benzene rings is 2. The van der Waals surface area contributed by atoms with Crippen LogP contribution in [0, 0.1) is 11.3 Å². The Morgan fingerprint density at radius 3 is 2.44 bits per heavy atom. The van der Waals surface area contributed by atoms with Crippen molar-refractivity contribution in [3.63, 3.8) is 0 Å². The fourth-order valence-electron chi connectivity index (χ4n) is 3.33. The number of rotatable bonds is 4. The van der Waals surface area contributed by atoms with Crippen LogP contribution in [0.3, 0.4) is 0 Å². The van der Waals surface area contributed by atoms with E-state index in [1.807, 2.05) is 35.2 Å². The van der Waals surface area contributed by atoms with E-state index in [9.17, 15) is 9.59 Å². The maximum Gasteiger partial charge on any atom is 0.253 e. The van der Waals surface area contributed by atoms with Crippen LogP contribution in [0.15, 0.2) is 54.6 Å². The largest absolute Gasteiger partial charge is 0.341 e. The van der Waals surface area contributed by atoms with Crippen molar-refractivity contribution < 1.29 is 9.59 Å². The van der Waals surface area contributed by atoms with Gasteiger partial charge in [0.1, 0.15) is 0 Å². The van der Waals surface area contributed by atoms with Gasteiger partial charge in [0.15, 0.2) is 0 Å². The molecule has 5 nitrogen and oxygen atoms in total. The van der Waals surface area contributed by atoms with E-state index in [-0.39, 0.29) is 11.8 Å². The average molecular weight is 361 g/mol. The van der Waals surface area contributed by atoms with E-state index < -0.39 is 0 Å². The van der Waals surface area contributed by atoms with Crippen molar-refractivity contribution in [1.29, 1.82) is 5.26 Å². The van der Waals surface area contributed by atoms with Gasteiger partial charge in [-0.05, 0) is 36.6 Å². The second-order valence-electron chi connectivity index (χ2n) is 6.70. The number of amides is 2. The van der Waals surface area contributed by atoms with Gasteiger partial charge in [-0.2, -0.15) is 5.26 Å². The first-order valence-electron chi connectivity index (χ1n) is 9.28. The molecular formula is C22H23N3O2. The average Bonchev–Trinajstić information content (AvgIpc) is 2.98. The summed E-state index contributed by atoms with van der Waals surface area (Å²) in [6.07, 6.45) is 1.99. The lowest BCUT2D eigenvalue weighted by molar-refractivity contribution is -0.131. The molecule has 0 spiro atoms. The van der Waals surface area contributed by atoms with E-state index in [0.717, 1.165) is 18.4 Å².